The summed E-state index contributed by atoms with van der Waals surface area (Å²) in [6.07, 6.45) is 7.63. The van der Waals surface area contributed by atoms with Gasteiger partial charge >= 0.3 is 0 Å². The van der Waals surface area contributed by atoms with E-state index in [1.807, 2.05) is 0 Å². The van der Waals surface area contributed by atoms with Gasteiger partial charge in [0.05, 0.1) is 31.5 Å². The van der Waals surface area contributed by atoms with Crippen molar-refractivity contribution in [1.29, 1.82) is 0 Å². The Balaban J connectivity index is 4.72. The Morgan fingerprint density at radius 2 is 1.19 bits per heavy atom. The van der Waals surface area contributed by atoms with Crippen molar-refractivity contribution in [3.8, 4) is 0 Å². The van der Waals surface area contributed by atoms with E-state index in [9.17, 15) is 10.2 Å². The highest BCUT2D eigenvalue weighted by molar-refractivity contribution is 4.72. The molecule has 218 valence electrons. The van der Waals surface area contributed by atoms with E-state index in [1.54, 1.807) is 0 Å². The third-order valence-electron chi connectivity index (χ3n) is 5.94. The molecule has 10 heteroatoms. The minimum Gasteiger partial charge on any atom is -0.379 e. The molecule has 0 fully saturated rings. The van der Waals surface area contributed by atoms with Crippen LogP contribution in [-0.4, -0.2) is 118 Å². The molecule has 3 unspecified atom stereocenters. The SMILES string of the molecule is CCCCOCC(CN(CCNCCCCC(CC)OCO)CC(COCCCC)OCO)OCO. The second-order valence-electron chi connectivity index (χ2n) is 9.02. The van der Waals surface area contributed by atoms with Gasteiger partial charge in [-0.15, -0.1) is 0 Å². The van der Waals surface area contributed by atoms with Gasteiger partial charge in [0, 0.05) is 39.4 Å². The molecule has 0 amide bonds. The van der Waals surface area contributed by atoms with E-state index in [0.717, 1.165) is 71.0 Å². The lowest BCUT2D eigenvalue weighted by molar-refractivity contribution is -0.109. The number of nitrogens with one attached hydrogen (secondary N) is 1. The zero-order valence-electron chi connectivity index (χ0n) is 23.2. The molecule has 3 atom stereocenters. The first-order valence-corrected chi connectivity index (χ1v) is 13.9. The highest BCUT2D eigenvalue weighted by Gasteiger charge is 2.20. The summed E-state index contributed by atoms with van der Waals surface area (Å²) in [5, 5.41) is 31.1. The number of unbranched alkanes of at least 4 members (excludes halogenated alkanes) is 3. The van der Waals surface area contributed by atoms with Crippen molar-refractivity contribution >= 4 is 0 Å². The normalized spacial score (nSPS) is 14.4. The molecular formula is C26H56N2O8. The predicted molar refractivity (Wildman–Crippen MR) is 141 cm³/mol. The van der Waals surface area contributed by atoms with Gasteiger partial charge in [0.1, 0.15) is 20.4 Å². The maximum absolute atomic E-state index is 9.36. The highest BCUT2D eigenvalue weighted by atomic mass is 16.6. The second-order valence-corrected chi connectivity index (χ2v) is 9.02. The molecule has 0 spiro atoms. The monoisotopic (exact) mass is 524 g/mol. The Labute approximate surface area is 219 Å². The van der Waals surface area contributed by atoms with Crippen LogP contribution in [0.4, 0.5) is 0 Å². The second kappa shape index (κ2) is 27.6. The van der Waals surface area contributed by atoms with E-state index in [4.69, 9.17) is 28.8 Å². The fourth-order valence-electron chi connectivity index (χ4n) is 3.77. The molecule has 4 N–H and O–H groups in total. The quantitative estimate of drug-likeness (QED) is 0.0855. The molecule has 0 aliphatic rings. The number of ether oxygens (including phenoxy) is 5. The van der Waals surface area contributed by atoms with Crippen molar-refractivity contribution in [3.05, 3.63) is 0 Å². The minimum absolute atomic E-state index is 0.122. The van der Waals surface area contributed by atoms with Crippen molar-refractivity contribution < 1.29 is 39.0 Å². The summed E-state index contributed by atoms with van der Waals surface area (Å²) < 4.78 is 27.9. The van der Waals surface area contributed by atoms with E-state index in [2.05, 4.69) is 31.0 Å². The van der Waals surface area contributed by atoms with E-state index in [-0.39, 0.29) is 38.7 Å². The number of rotatable bonds is 29. The first-order chi connectivity index (χ1) is 17.6. The maximum atomic E-state index is 9.36. The number of hydrogen-bond donors (Lipinski definition) is 4. The van der Waals surface area contributed by atoms with E-state index < -0.39 is 0 Å². The van der Waals surface area contributed by atoms with Gasteiger partial charge in [-0.25, -0.2) is 0 Å². The van der Waals surface area contributed by atoms with Gasteiger partial charge in [0.2, 0.25) is 0 Å². The van der Waals surface area contributed by atoms with Gasteiger partial charge in [-0.05, 0) is 45.1 Å². The Bertz CT molecular complexity index is 413. The summed E-state index contributed by atoms with van der Waals surface area (Å²) in [5.74, 6) is 0. The molecule has 0 aromatic rings. The average Bonchev–Trinajstić information content (AvgIpc) is 2.87. The first kappa shape index (κ1) is 35.6. The molecule has 0 aromatic heterocycles. The predicted octanol–water partition coefficient (Wildman–Crippen LogP) is 2.10. The molecule has 0 aliphatic carbocycles. The van der Waals surface area contributed by atoms with Crippen LogP contribution in [-0.2, 0) is 23.7 Å². The van der Waals surface area contributed by atoms with Crippen molar-refractivity contribution in [1.82, 2.24) is 10.2 Å². The van der Waals surface area contributed by atoms with Crippen LogP contribution in [0.15, 0.2) is 0 Å². The van der Waals surface area contributed by atoms with Gasteiger partial charge < -0.3 is 44.3 Å². The molecule has 0 saturated heterocycles. The van der Waals surface area contributed by atoms with Crippen molar-refractivity contribution in [2.24, 2.45) is 0 Å². The highest BCUT2D eigenvalue weighted by Crippen LogP contribution is 2.08. The van der Waals surface area contributed by atoms with Crippen LogP contribution in [0, 0.1) is 0 Å². The summed E-state index contributed by atoms with van der Waals surface area (Å²) in [6, 6.07) is 0. The lowest BCUT2D eigenvalue weighted by atomic mass is 10.1. The molecular weight excluding hydrogens is 468 g/mol. The van der Waals surface area contributed by atoms with Crippen molar-refractivity contribution in [2.75, 3.05) is 79.5 Å². The molecule has 0 rings (SSSR count). The molecule has 10 nitrogen and oxygen atoms in total. The fraction of sp³-hybridized carbons (Fsp3) is 1.00. The van der Waals surface area contributed by atoms with E-state index >= 15 is 0 Å². The topological polar surface area (TPSA) is 122 Å². The zero-order chi connectivity index (χ0) is 26.7. The number of hydrogen-bond acceptors (Lipinski definition) is 10. The molecule has 0 saturated carbocycles. The smallest absolute Gasteiger partial charge is 0.144 e. The van der Waals surface area contributed by atoms with Crippen LogP contribution < -0.4 is 5.32 Å². The van der Waals surface area contributed by atoms with Gasteiger partial charge in [0.25, 0.3) is 0 Å². The summed E-state index contributed by atoms with van der Waals surface area (Å²) in [4.78, 5) is 2.21. The third-order valence-corrected chi connectivity index (χ3v) is 5.94. The molecule has 0 aliphatic heterocycles. The van der Waals surface area contributed by atoms with Crippen molar-refractivity contribution in [3.63, 3.8) is 0 Å². The average molecular weight is 525 g/mol. The van der Waals surface area contributed by atoms with Gasteiger partial charge in [-0.3, -0.25) is 4.90 Å². The van der Waals surface area contributed by atoms with Crippen LogP contribution in [0.3, 0.4) is 0 Å². The molecule has 0 bridgehead atoms. The Morgan fingerprint density at radius 3 is 1.67 bits per heavy atom. The van der Waals surface area contributed by atoms with Crippen molar-refractivity contribution in [2.45, 2.75) is 90.4 Å². The van der Waals surface area contributed by atoms with Gasteiger partial charge in [0.15, 0.2) is 0 Å². The van der Waals surface area contributed by atoms with Crippen LogP contribution in [0.1, 0.15) is 72.1 Å². The number of aliphatic hydroxyl groups is 3. The molecule has 0 radical (unpaired) electrons. The Kier molecular flexibility index (Phi) is 27.3. The van der Waals surface area contributed by atoms with Gasteiger partial charge in [-0.2, -0.15) is 0 Å². The van der Waals surface area contributed by atoms with Crippen LogP contribution in [0.2, 0.25) is 0 Å². The van der Waals surface area contributed by atoms with E-state index in [1.165, 1.54) is 0 Å². The summed E-state index contributed by atoms with van der Waals surface area (Å²) in [7, 11) is 0. The largest absolute Gasteiger partial charge is 0.379 e. The lowest BCUT2D eigenvalue weighted by Crippen LogP contribution is -2.45. The zero-order valence-corrected chi connectivity index (χ0v) is 23.2. The molecule has 36 heavy (non-hydrogen) atoms. The van der Waals surface area contributed by atoms with E-state index in [0.29, 0.717) is 39.5 Å². The maximum Gasteiger partial charge on any atom is 0.144 e. The van der Waals surface area contributed by atoms with Crippen LogP contribution in [0.25, 0.3) is 0 Å². The summed E-state index contributed by atoms with van der Waals surface area (Å²) in [6.45, 7) is 11.1. The third kappa shape index (κ3) is 21.7. The fourth-order valence-corrected chi connectivity index (χ4v) is 3.77. The Morgan fingerprint density at radius 1 is 0.667 bits per heavy atom. The summed E-state index contributed by atoms with van der Waals surface area (Å²) >= 11 is 0. The van der Waals surface area contributed by atoms with Crippen LogP contribution >= 0.6 is 0 Å². The summed E-state index contributed by atoms with van der Waals surface area (Å²) in [5.41, 5.74) is 0. The molecule has 0 aromatic carbocycles. The minimum atomic E-state index is -0.358. The Hall–Kier alpha value is -0.400. The standard InChI is InChI=1S/C26H56N2O8/c1-4-7-15-32-19-25(35-22-30)17-28(18-26(36-23-31)20-33-16-8-5-2)14-13-27-12-10-9-11-24(6-3)34-21-29/h24-27,29-31H,4-23H2,1-3H3. The van der Waals surface area contributed by atoms with Crippen LogP contribution in [0.5, 0.6) is 0 Å². The van der Waals surface area contributed by atoms with Gasteiger partial charge in [-0.1, -0.05) is 33.6 Å². The number of nitrogens with zero attached hydrogens (tertiary/aromatic N) is 1. The number of aliphatic hydroxyl groups excluding tert-OH is 3. The first-order valence-electron chi connectivity index (χ1n) is 13.9. The molecule has 0 heterocycles. The lowest BCUT2D eigenvalue weighted by Gasteiger charge is -2.30.